The Labute approximate surface area is 246 Å². The molecule has 0 saturated heterocycles. The highest BCUT2D eigenvalue weighted by atomic mass is 32.2. The van der Waals surface area contributed by atoms with Gasteiger partial charge in [0.15, 0.2) is 17.8 Å². The Kier molecular flexibility index (Phi) is 7.25. The Morgan fingerprint density at radius 2 is 2.05 bits per heavy atom. The van der Waals surface area contributed by atoms with E-state index < -0.39 is 51.0 Å². The number of para-hydroxylation sites is 1. The molecular formula is C31H26F3N3O5S. The number of halogens is 3. The molecule has 2 aromatic heterocycles. The van der Waals surface area contributed by atoms with Gasteiger partial charge in [-0.15, -0.1) is 0 Å². The summed E-state index contributed by atoms with van der Waals surface area (Å²) in [5, 5.41) is 8.07. The highest BCUT2D eigenvalue weighted by Crippen LogP contribution is 2.46. The van der Waals surface area contributed by atoms with Gasteiger partial charge in [0.25, 0.3) is 0 Å². The summed E-state index contributed by atoms with van der Waals surface area (Å²) >= 11 is 0. The molecule has 6 rings (SSSR count). The molecule has 1 aliphatic carbocycles. The summed E-state index contributed by atoms with van der Waals surface area (Å²) in [6.45, 7) is 2.34. The lowest BCUT2D eigenvalue weighted by molar-refractivity contribution is -0.131. The SMILES string of the molecule is CS(=O)C1c2cc[nH]c2C(F)=C(F)C1Oc1ccc(F)c(-c2ncc(C3(C)CCOc4c(/C=C/C(=O)O)cccc43)[nH]2)c1. The number of hydrogen-bond donors (Lipinski definition) is 3. The lowest BCUT2D eigenvalue weighted by atomic mass is 9.75. The average molecular weight is 610 g/mol. The molecule has 3 N–H and O–H groups in total. The minimum atomic E-state index is -1.63. The fraction of sp³-hybridized carbons (Fsp3) is 0.226. The maximum Gasteiger partial charge on any atom is 0.328 e. The number of aromatic amines is 2. The summed E-state index contributed by atoms with van der Waals surface area (Å²) < 4.78 is 69.5. The van der Waals surface area contributed by atoms with Crippen LogP contribution in [0, 0.1) is 5.82 Å². The maximum absolute atomic E-state index is 15.2. The van der Waals surface area contributed by atoms with Crippen molar-refractivity contribution in [2.75, 3.05) is 12.9 Å². The second-order valence-corrected chi connectivity index (χ2v) is 12.0. The predicted molar refractivity (Wildman–Crippen MR) is 155 cm³/mol. The second-order valence-electron chi connectivity index (χ2n) is 10.5. The lowest BCUT2D eigenvalue weighted by Gasteiger charge is -2.35. The van der Waals surface area contributed by atoms with Crippen LogP contribution >= 0.6 is 0 Å². The number of carboxylic acid groups (broad SMARTS) is 1. The largest absolute Gasteiger partial charge is 0.493 e. The van der Waals surface area contributed by atoms with Crippen LogP contribution in [-0.2, 0) is 21.0 Å². The smallest absolute Gasteiger partial charge is 0.328 e. The molecule has 0 fully saturated rings. The molecule has 0 amide bonds. The molecule has 0 spiro atoms. The number of rotatable bonds is 7. The first-order chi connectivity index (χ1) is 20.6. The van der Waals surface area contributed by atoms with E-state index >= 15 is 8.78 Å². The molecular weight excluding hydrogens is 583 g/mol. The van der Waals surface area contributed by atoms with Gasteiger partial charge in [-0.05, 0) is 49.2 Å². The Morgan fingerprint density at radius 3 is 2.81 bits per heavy atom. The first-order valence-corrected chi connectivity index (χ1v) is 14.9. The molecule has 2 aromatic carbocycles. The third kappa shape index (κ3) is 4.95. The highest BCUT2D eigenvalue weighted by molar-refractivity contribution is 7.84. The molecule has 12 heteroatoms. The molecule has 8 nitrogen and oxygen atoms in total. The molecule has 2 aliphatic rings. The first-order valence-electron chi connectivity index (χ1n) is 13.3. The van der Waals surface area contributed by atoms with Crippen molar-refractivity contribution >= 4 is 28.7 Å². The number of aromatic nitrogens is 3. The second kappa shape index (κ2) is 10.9. The monoisotopic (exact) mass is 609 g/mol. The summed E-state index contributed by atoms with van der Waals surface area (Å²) in [4.78, 5) is 21.3. The molecule has 1 aliphatic heterocycles. The third-order valence-corrected chi connectivity index (χ3v) is 9.13. The van der Waals surface area contributed by atoms with Crippen molar-refractivity contribution in [3.05, 3.63) is 101 Å². The van der Waals surface area contributed by atoms with Gasteiger partial charge in [-0.3, -0.25) is 4.21 Å². The van der Waals surface area contributed by atoms with E-state index in [1.165, 1.54) is 36.7 Å². The molecule has 4 atom stereocenters. The molecule has 4 unspecified atom stereocenters. The predicted octanol–water partition coefficient (Wildman–Crippen LogP) is 6.22. The van der Waals surface area contributed by atoms with E-state index in [1.54, 1.807) is 18.3 Å². The van der Waals surface area contributed by atoms with Gasteiger partial charge in [0.2, 0.25) is 0 Å². The van der Waals surface area contributed by atoms with Gasteiger partial charge < -0.3 is 24.5 Å². The van der Waals surface area contributed by atoms with E-state index in [0.717, 1.165) is 17.7 Å². The Morgan fingerprint density at radius 1 is 1.23 bits per heavy atom. The number of benzene rings is 2. The summed E-state index contributed by atoms with van der Waals surface area (Å²) in [6.07, 6.45) is 5.97. The number of carbonyl (C=O) groups is 1. The third-order valence-electron chi connectivity index (χ3n) is 7.92. The van der Waals surface area contributed by atoms with E-state index in [1.807, 2.05) is 13.0 Å². The fourth-order valence-electron chi connectivity index (χ4n) is 5.67. The number of nitrogens with zero attached hydrogens (tertiary/aromatic N) is 1. The van der Waals surface area contributed by atoms with Crippen LogP contribution in [0.2, 0.25) is 0 Å². The van der Waals surface area contributed by atoms with Crippen molar-refractivity contribution in [1.29, 1.82) is 0 Å². The van der Waals surface area contributed by atoms with Crippen LogP contribution < -0.4 is 9.47 Å². The number of aliphatic carboxylic acids is 1. The van der Waals surface area contributed by atoms with Gasteiger partial charge in [-0.1, -0.05) is 18.2 Å². The zero-order chi connectivity index (χ0) is 30.5. The van der Waals surface area contributed by atoms with Crippen molar-refractivity contribution in [2.24, 2.45) is 0 Å². The topological polar surface area (TPSA) is 117 Å². The average Bonchev–Trinajstić information content (AvgIpc) is 3.67. The van der Waals surface area contributed by atoms with Gasteiger partial charge in [-0.2, -0.15) is 0 Å². The Balaban J connectivity index is 1.33. The molecule has 3 heterocycles. The molecule has 0 bridgehead atoms. The molecule has 0 saturated carbocycles. The minimum Gasteiger partial charge on any atom is -0.493 e. The number of fused-ring (bicyclic) bond motifs is 2. The summed E-state index contributed by atoms with van der Waals surface area (Å²) in [5.74, 6) is -3.27. The van der Waals surface area contributed by atoms with E-state index in [2.05, 4.69) is 15.0 Å². The molecule has 0 radical (unpaired) electrons. The fourth-order valence-corrected chi connectivity index (χ4v) is 6.75. The van der Waals surface area contributed by atoms with Crippen LogP contribution in [-0.4, -0.2) is 49.2 Å². The molecule has 4 aromatic rings. The quantitative estimate of drug-likeness (QED) is 0.214. The van der Waals surface area contributed by atoms with Crippen molar-refractivity contribution in [3.8, 4) is 22.9 Å². The summed E-state index contributed by atoms with van der Waals surface area (Å²) in [5.41, 5.74) is 1.75. The number of imidazole rings is 1. The number of H-pyrrole nitrogens is 2. The van der Waals surface area contributed by atoms with Crippen LogP contribution in [0.1, 0.15) is 46.7 Å². The minimum absolute atomic E-state index is 0.0363. The normalized spacial score (nSPS) is 22.2. The van der Waals surface area contributed by atoms with Crippen LogP contribution in [0.25, 0.3) is 23.3 Å². The zero-order valence-electron chi connectivity index (χ0n) is 23.0. The number of hydrogen-bond acceptors (Lipinski definition) is 5. The van der Waals surface area contributed by atoms with Crippen molar-refractivity contribution in [1.82, 2.24) is 15.0 Å². The van der Waals surface area contributed by atoms with Gasteiger partial charge in [0.1, 0.15) is 28.4 Å². The van der Waals surface area contributed by atoms with E-state index in [0.29, 0.717) is 35.6 Å². The molecule has 222 valence electrons. The number of nitrogens with one attached hydrogen (secondary N) is 2. The van der Waals surface area contributed by atoms with Gasteiger partial charge >= 0.3 is 5.97 Å². The van der Waals surface area contributed by atoms with Crippen LogP contribution in [0.5, 0.6) is 11.5 Å². The first kappa shape index (κ1) is 28.5. The number of carboxylic acids is 1. The van der Waals surface area contributed by atoms with Gasteiger partial charge in [0, 0.05) is 57.8 Å². The van der Waals surface area contributed by atoms with Crippen molar-refractivity contribution < 1.29 is 36.8 Å². The lowest BCUT2D eigenvalue weighted by Crippen LogP contribution is -2.32. The number of ether oxygens (including phenoxy) is 2. The van der Waals surface area contributed by atoms with Crippen LogP contribution in [0.3, 0.4) is 0 Å². The van der Waals surface area contributed by atoms with E-state index in [4.69, 9.17) is 14.6 Å². The summed E-state index contributed by atoms with van der Waals surface area (Å²) in [6, 6.07) is 10.7. The Hall–Kier alpha value is -4.58. The molecule has 43 heavy (non-hydrogen) atoms. The van der Waals surface area contributed by atoms with E-state index in [9.17, 15) is 13.4 Å². The van der Waals surface area contributed by atoms with Crippen molar-refractivity contribution in [2.45, 2.75) is 30.1 Å². The maximum atomic E-state index is 15.2. The van der Waals surface area contributed by atoms with Crippen molar-refractivity contribution in [3.63, 3.8) is 0 Å². The van der Waals surface area contributed by atoms with Crippen LogP contribution in [0.4, 0.5) is 13.2 Å². The van der Waals surface area contributed by atoms with E-state index in [-0.39, 0.29) is 22.8 Å². The van der Waals surface area contributed by atoms with Gasteiger partial charge in [-0.25, -0.2) is 22.9 Å². The highest BCUT2D eigenvalue weighted by Gasteiger charge is 2.42. The van der Waals surface area contributed by atoms with Gasteiger partial charge in [0.05, 0.1) is 17.9 Å². The Bertz CT molecular complexity index is 1830. The summed E-state index contributed by atoms with van der Waals surface area (Å²) in [7, 11) is -1.63. The standard InChI is InChI=1S/C31H26F3N3O5S/c1-31(11-13-41-27-16(6-9-23(38)39)4-3-5-20(27)31)22-15-36-30(37-22)19-14-17(7-8-21(19)32)42-28-25(34)24(33)26-18(10-12-35-26)29(28)43(2)40/h3-10,12,14-15,28-29,35H,11,13H2,1-2H3,(H,36,37)(H,38,39)/b9-6+. The van der Waals surface area contributed by atoms with Crippen LogP contribution in [0.15, 0.2) is 66.8 Å². The zero-order valence-corrected chi connectivity index (χ0v) is 23.8.